The summed E-state index contributed by atoms with van der Waals surface area (Å²) in [7, 11) is 0. The minimum atomic E-state index is -0.469. The molecule has 0 radical (unpaired) electrons. The second-order valence-corrected chi connectivity index (χ2v) is 7.68. The van der Waals surface area contributed by atoms with E-state index in [0.717, 1.165) is 22.3 Å². The summed E-state index contributed by atoms with van der Waals surface area (Å²) in [4.78, 5) is 17.1. The van der Waals surface area contributed by atoms with Crippen molar-refractivity contribution in [3.8, 4) is 5.75 Å². The van der Waals surface area contributed by atoms with E-state index in [4.69, 9.17) is 32.8 Å². The van der Waals surface area contributed by atoms with Crippen molar-refractivity contribution in [3.05, 3.63) is 105 Å². The van der Waals surface area contributed by atoms with E-state index in [0.29, 0.717) is 33.7 Å². The average molecular weight is 438 g/mol. The fraction of sp³-hybridized carbons (Fsp3) is 0.0833. The number of nitrogens with zero attached hydrogens (tertiary/aromatic N) is 1. The van der Waals surface area contributed by atoms with Gasteiger partial charge in [-0.2, -0.15) is 0 Å². The van der Waals surface area contributed by atoms with E-state index in [-0.39, 0.29) is 0 Å². The first-order chi connectivity index (χ1) is 14.5. The van der Waals surface area contributed by atoms with Crippen LogP contribution in [0.4, 0.5) is 0 Å². The smallest absolute Gasteiger partial charge is 0.368 e. The zero-order valence-corrected chi connectivity index (χ0v) is 17.6. The molecule has 0 spiro atoms. The highest BCUT2D eigenvalue weighted by Gasteiger charge is 2.26. The number of halogens is 2. The van der Waals surface area contributed by atoms with Gasteiger partial charge in [0.2, 0.25) is 0 Å². The normalized spacial score (nSPS) is 14.6. The predicted molar refractivity (Wildman–Crippen MR) is 119 cm³/mol. The van der Waals surface area contributed by atoms with E-state index in [9.17, 15) is 4.79 Å². The van der Waals surface area contributed by atoms with Crippen LogP contribution in [-0.2, 0) is 16.2 Å². The van der Waals surface area contributed by atoms with Gasteiger partial charge in [0.25, 0.3) is 0 Å². The van der Waals surface area contributed by atoms with Gasteiger partial charge in [0.15, 0.2) is 0 Å². The van der Waals surface area contributed by atoms with Gasteiger partial charge in [-0.3, -0.25) is 0 Å². The molecule has 1 heterocycles. The van der Waals surface area contributed by atoms with Crippen molar-refractivity contribution in [1.82, 2.24) is 0 Å². The monoisotopic (exact) mass is 437 g/mol. The first kappa shape index (κ1) is 20.2. The summed E-state index contributed by atoms with van der Waals surface area (Å²) in [6, 6.07) is 20.5. The van der Waals surface area contributed by atoms with Gasteiger partial charge in [-0.1, -0.05) is 76.4 Å². The standard InChI is InChI=1S/C24H17Cl2NO3/c1-15-2-6-17(7-3-15)23-21(24(28)30-27-23)12-16-4-10-20(11-5-16)29-14-18-8-9-19(25)13-22(18)26/h2-13H,14H2,1H3/b21-12-. The summed E-state index contributed by atoms with van der Waals surface area (Å²) in [5, 5.41) is 5.09. The van der Waals surface area contributed by atoms with Crippen LogP contribution >= 0.6 is 23.2 Å². The second kappa shape index (κ2) is 8.74. The third-order valence-corrected chi connectivity index (χ3v) is 5.21. The molecule has 6 heteroatoms. The van der Waals surface area contributed by atoms with Gasteiger partial charge in [0.05, 0.1) is 5.57 Å². The Morgan fingerprint density at radius 1 is 1.00 bits per heavy atom. The topological polar surface area (TPSA) is 47.9 Å². The summed E-state index contributed by atoms with van der Waals surface area (Å²) in [5.74, 6) is 0.216. The van der Waals surface area contributed by atoms with Crippen molar-refractivity contribution < 1.29 is 14.4 Å². The van der Waals surface area contributed by atoms with Gasteiger partial charge in [-0.25, -0.2) is 4.79 Å². The number of benzene rings is 3. The molecule has 0 fully saturated rings. The Hall–Kier alpha value is -3.08. The number of carbonyl (C=O) groups is 1. The van der Waals surface area contributed by atoms with E-state index in [2.05, 4.69) is 5.16 Å². The molecule has 150 valence electrons. The lowest BCUT2D eigenvalue weighted by molar-refractivity contribution is -0.136. The van der Waals surface area contributed by atoms with Gasteiger partial charge < -0.3 is 9.57 Å². The van der Waals surface area contributed by atoms with Gasteiger partial charge in [-0.05, 0) is 42.8 Å². The fourth-order valence-corrected chi connectivity index (χ4v) is 3.42. The van der Waals surface area contributed by atoms with Crippen LogP contribution in [0.5, 0.6) is 5.75 Å². The SMILES string of the molecule is Cc1ccc(C2=NOC(=O)/C2=C\c2ccc(OCc3ccc(Cl)cc3Cl)cc2)cc1. The van der Waals surface area contributed by atoms with Gasteiger partial charge >= 0.3 is 5.97 Å². The maximum atomic E-state index is 12.2. The van der Waals surface area contributed by atoms with E-state index in [1.807, 2.05) is 61.5 Å². The minimum absolute atomic E-state index is 0.326. The number of rotatable bonds is 5. The third-order valence-electron chi connectivity index (χ3n) is 4.62. The molecule has 0 aromatic heterocycles. The molecular weight excluding hydrogens is 421 g/mol. The molecule has 4 rings (SSSR count). The van der Waals surface area contributed by atoms with Crippen molar-refractivity contribution in [2.24, 2.45) is 5.16 Å². The quantitative estimate of drug-likeness (QED) is 0.351. The van der Waals surface area contributed by atoms with Crippen molar-refractivity contribution in [2.75, 3.05) is 0 Å². The van der Waals surface area contributed by atoms with Crippen LogP contribution in [-0.4, -0.2) is 11.7 Å². The largest absolute Gasteiger partial charge is 0.489 e. The third kappa shape index (κ3) is 4.56. The molecule has 0 unspecified atom stereocenters. The molecule has 0 bridgehead atoms. The highest BCUT2D eigenvalue weighted by Crippen LogP contribution is 2.24. The molecular formula is C24H17Cl2NO3. The van der Waals surface area contributed by atoms with Crippen molar-refractivity contribution in [3.63, 3.8) is 0 Å². The summed E-state index contributed by atoms with van der Waals surface area (Å²) in [6.07, 6.45) is 1.76. The lowest BCUT2D eigenvalue weighted by atomic mass is 10.00. The molecule has 0 aliphatic carbocycles. The Balaban J connectivity index is 1.49. The van der Waals surface area contributed by atoms with E-state index < -0.39 is 5.97 Å². The lowest BCUT2D eigenvalue weighted by Gasteiger charge is -2.08. The fourth-order valence-electron chi connectivity index (χ4n) is 2.96. The summed E-state index contributed by atoms with van der Waals surface area (Å²) in [5.41, 5.74) is 4.58. The molecule has 0 N–H and O–H groups in total. The highest BCUT2D eigenvalue weighted by atomic mass is 35.5. The Morgan fingerprint density at radius 2 is 1.73 bits per heavy atom. The molecule has 0 amide bonds. The van der Waals surface area contributed by atoms with Gasteiger partial charge in [-0.15, -0.1) is 0 Å². The van der Waals surface area contributed by atoms with Crippen molar-refractivity contribution in [2.45, 2.75) is 13.5 Å². The van der Waals surface area contributed by atoms with Crippen LogP contribution in [0.25, 0.3) is 6.08 Å². The van der Waals surface area contributed by atoms with Crippen LogP contribution in [0.15, 0.2) is 77.5 Å². The molecule has 0 saturated carbocycles. The van der Waals surface area contributed by atoms with Crippen LogP contribution in [0.1, 0.15) is 22.3 Å². The first-order valence-corrected chi connectivity index (χ1v) is 10.0. The van der Waals surface area contributed by atoms with E-state index in [1.54, 1.807) is 18.2 Å². The Labute approximate surface area is 184 Å². The van der Waals surface area contributed by atoms with Crippen LogP contribution in [0.2, 0.25) is 10.0 Å². The zero-order valence-electron chi connectivity index (χ0n) is 16.1. The Bertz CT molecular complexity index is 1150. The number of carbonyl (C=O) groups excluding carboxylic acids is 1. The van der Waals surface area contributed by atoms with Gasteiger partial charge in [0.1, 0.15) is 18.1 Å². The Morgan fingerprint density at radius 3 is 2.43 bits per heavy atom. The molecule has 0 saturated heterocycles. The second-order valence-electron chi connectivity index (χ2n) is 6.84. The summed E-state index contributed by atoms with van der Waals surface area (Å²) in [6.45, 7) is 2.33. The number of hydrogen-bond donors (Lipinski definition) is 0. The molecule has 3 aromatic carbocycles. The number of aryl methyl sites for hydroxylation is 1. The average Bonchev–Trinajstić information content (AvgIpc) is 3.09. The van der Waals surface area contributed by atoms with E-state index in [1.165, 1.54) is 0 Å². The summed E-state index contributed by atoms with van der Waals surface area (Å²) >= 11 is 12.1. The Kier molecular flexibility index (Phi) is 5.88. The predicted octanol–water partition coefficient (Wildman–Crippen LogP) is 6.23. The molecule has 4 nitrogen and oxygen atoms in total. The maximum Gasteiger partial charge on any atom is 0.368 e. The molecule has 1 aliphatic rings. The molecule has 30 heavy (non-hydrogen) atoms. The van der Waals surface area contributed by atoms with Crippen molar-refractivity contribution >= 4 is 41.0 Å². The van der Waals surface area contributed by atoms with Crippen LogP contribution in [0.3, 0.4) is 0 Å². The van der Waals surface area contributed by atoms with Gasteiger partial charge in [0, 0.05) is 21.2 Å². The van der Waals surface area contributed by atoms with Crippen LogP contribution in [0, 0.1) is 6.92 Å². The van der Waals surface area contributed by atoms with E-state index >= 15 is 0 Å². The minimum Gasteiger partial charge on any atom is -0.489 e. The lowest BCUT2D eigenvalue weighted by Crippen LogP contribution is -2.06. The summed E-state index contributed by atoms with van der Waals surface area (Å²) < 4.78 is 5.80. The zero-order chi connectivity index (χ0) is 21.1. The maximum absolute atomic E-state index is 12.2. The van der Waals surface area contributed by atoms with Crippen LogP contribution < -0.4 is 4.74 Å². The highest BCUT2D eigenvalue weighted by molar-refractivity contribution is 6.35. The number of ether oxygens (including phenoxy) is 1. The first-order valence-electron chi connectivity index (χ1n) is 9.25. The number of hydrogen-bond acceptors (Lipinski definition) is 4. The molecule has 1 aliphatic heterocycles. The molecule has 0 atom stereocenters. The van der Waals surface area contributed by atoms with Crippen molar-refractivity contribution in [1.29, 1.82) is 0 Å². The molecule has 3 aromatic rings. The number of oxime groups is 1.